The van der Waals surface area contributed by atoms with E-state index < -0.39 is 0 Å². The quantitative estimate of drug-likeness (QED) is 0.383. The molecule has 0 bridgehead atoms. The zero-order chi connectivity index (χ0) is 25.0. The standard InChI is InChI=1S/C29H30N6OS/c36-27(21-33-13-8-24(20-33)28-26(9-18-37-28)23-3-1-10-30-19-23)35-16-14-34(15-17-35)25-6-4-22(5-7-25)29-31-11-2-12-32-29/h1-7,9-12,18-19,24H,8,13-17,20-21H2/t24-/m0/s1. The molecule has 0 radical (unpaired) electrons. The number of pyridine rings is 1. The third-order valence-corrected chi connectivity index (χ3v) is 8.44. The van der Waals surface area contributed by atoms with Gasteiger partial charge in [-0.3, -0.25) is 14.7 Å². The van der Waals surface area contributed by atoms with Crippen LogP contribution in [0.5, 0.6) is 0 Å². The maximum Gasteiger partial charge on any atom is 0.236 e. The summed E-state index contributed by atoms with van der Waals surface area (Å²) in [6.45, 7) is 5.63. The van der Waals surface area contributed by atoms with E-state index in [1.54, 1.807) is 12.4 Å². The fourth-order valence-corrected chi connectivity index (χ4v) is 6.41. The molecule has 1 amide bonds. The highest BCUT2D eigenvalue weighted by atomic mass is 32.1. The normalized spacial score (nSPS) is 18.3. The van der Waals surface area contributed by atoms with Crippen LogP contribution in [-0.4, -0.2) is 76.5 Å². The molecule has 0 N–H and O–H groups in total. The molecule has 2 aliphatic rings. The summed E-state index contributed by atoms with van der Waals surface area (Å²) in [5.74, 6) is 1.46. The fraction of sp³-hybridized carbons (Fsp3) is 0.310. The van der Waals surface area contributed by atoms with Gasteiger partial charge in [0.25, 0.3) is 0 Å². The number of nitrogens with zero attached hydrogens (tertiary/aromatic N) is 6. The van der Waals surface area contributed by atoms with Crippen LogP contribution in [0.1, 0.15) is 17.2 Å². The van der Waals surface area contributed by atoms with Crippen molar-refractivity contribution in [3.8, 4) is 22.5 Å². The van der Waals surface area contributed by atoms with Crippen LogP contribution >= 0.6 is 11.3 Å². The SMILES string of the molecule is O=C(CN1CC[C@H](c2sccc2-c2cccnc2)C1)N1CCN(c2ccc(-c3ncccn3)cc2)CC1. The minimum atomic E-state index is 0.246. The number of likely N-dealkylation sites (tertiary alicyclic amines) is 1. The predicted octanol–water partition coefficient (Wildman–Crippen LogP) is 4.41. The largest absolute Gasteiger partial charge is 0.368 e. The molecular formula is C29H30N6OS. The highest BCUT2D eigenvalue weighted by Crippen LogP contribution is 2.38. The van der Waals surface area contributed by atoms with Crippen molar-refractivity contribution in [1.82, 2.24) is 24.8 Å². The predicted molar refractivity (Wildman–Crippen MR) is 148 cm³/mol. The molecule has 0 aliphatic carbocycles. The number of thiophene rings is 1. The molecule has 6 rings (SSSR count). The molecule has 2 aliphatic heterocycles. The van der Waals surface area contributed by atoms with Gasteiger partial charge in [-0.25, -0.2) is 9.97 Å². The molecule has 2 saturated heterocycles. The zero-order valence-electron chi connectivity index (χ0n) is 20.7. The lowest BCUT2D eigenvalue weighted by atomic mass is 9.99. The average molecular weight is 511 g/mol. The second-order valence-electron chi connectivity index (χ2n) is 9.65. The first-order chi connectivity index (χ1) is 18.2. The molecule has 7 nitrogen and oxygen atoms in total. The fourth-order valence-electron chi connectivity index (χ4n) is 5.36. The van der Waals surface area contributed by atoms with Gasteiger partial charge in [-0.2, -0.15) is 0 Å². The lowest BCUT2D eigenvalue weighted by Gasteiger charge is -2.36. The molecule has 4 aromatic rings. The number of piperazine rings is 1. The van der Waals surface area contributed by atoms with Crippen LogP contribution in [0.3, 0.4) is 0 Å². The van der Waals surface area contributed by atoms with Crippen LogP contribution in [0, 0.1) is 0 Å². The lowest BCUT2D eigenvalue weighted by molar-refractivity contribution is -0.132. The summed E-state index contributed by atoms with van der Waals surface area (Å²) in [6.07, 6.45) is 8.37. The van der Waals surface area contributed by atoms with Gasteiger partial charge in [-0.15, -0.1) is 11.3 Å². The molecule has 0 saturated carbocycles. The van der Waals surface area contributed by atoms with Gasteiger partial charge in [0, 0.05) is 85.1 Å². The average Bonchev–Trinajstić information content (AvgIpc) is 3.64. The molecule has 0 unspecified atom stereocenters. The van der Waals surface area contributed by atoms with Crippen LogP contribution in [0.25, 0.3) is 22.5 Å². The first-order valence-electron chi connectivity index (χ1n) is 12.8. The van der Waals surface area contributed by atoms with Gasteiger partial charge in [-0.05, 0) is 66.4 Å². The summed E-state index contributed by atoms with van der Waals surface area (Å²) >= 11 is 1.83. The number of carbonyl (C=O) groups excluding carboxylic acids is 1. The Hall–Kier alpha value is -3.62. The molecule has 8 heteroatoms. The van der Waals surface area contributed by atoms with Crippen molar-refractivity contribution in [2.24, 2.45) is 0 Å². The summed E-state index contributed by atoms with van der Waals surface area (Å²) in [7, 11) is 0. The zero-order valence-corrected chi connectivity index (χ0v) is 21.6. The Balaban J connectivity index is 1.01. The highest BCUT2D eigenvalue weighted by molar-refractivity contribution is 7.10. The second kappa shape index (κ2) is 10.8. The van der Waals surface area contributed by atoms with E-state index in [1.165, 1.54) is 21.7 Å². The Kier molecular flexibility index (Phi) is 6.92. The van der Waals surface area contributed by atoms with Gasteiger partial charge in [0.15, 0.2) is 5.82 Å². The van der Waals surface area contributed by atoms with E-state index in [4.69, 9.17) is 0 Å². The number of anilines is 1. The van der Waals surface area contributed by atoms with Gasteiger partial charge >= 0.3 is 0 Å². The molecule has 5 heterocycles. The van der Waals surface area contributed by atoms with E-state index in [-0.39, 0.29) is 5.91 Å². The van der Waals surface area contributed by atoms with Crippen molar-refractivity contribution in [2.75, 3.05) is 50.7 Å². The monoisotopic (exact) mass is 510 g/mol. The van der Waals surface area contributed by atoms with E-state index in [0.29, 0.717) is 12.5 Å². The number of carbonyl (C=O) groups is 1. The maximum atomic E-state index is 13.1. The topological polar surface area (TPSA) is 65.5 Å². The smallest absolute Gasteiger partial charge is 0.236 e. The van der Waals surface area contributed by atoms with Gasteiger partial charge in [0.05, 0.1) is 6.54 Å². The summed E-state index contributed by atoms with van der Waals surface area (Å²) in [5.41, 5.74) is 4.65. The van der Waals surface area contributed by atoms with Gasteiger partial charge < -0.3 is 9.80 Å². The Morgan fingerprint density at radius 2 is 1.70 bits per heavy atom. The van der Waals surface area contributed by atoms with Gasteiger partial charge in [0.2, 0.25) is 5.91 Å². The summed E-state index contributed by atoms with van der Waals surface area (Å²) in [6, 6.07) is 16.5. The Labute approximate surface area is 221 Å². The highest BCUT2D eigenvalue weighted by Gasteiger charge is 2.30. The van der Waals surface area contributed by atoms with Gasteiger partial charge in [-0.1, -0.05) is 6.07 Å². The van der Waals surface area contributed by atoms with E-state index in [2.05, 4.69) is 66.5 Å². The number of aromatic nitrogens is 3. The summed E-state index contributed by atoms with van der Waals surface area (Å²) in [4.78, 5) is 34.2. The number of benzene rings is 1. The third kappa shape index (κ3) is 5.26. The minimum absolute atomic E-state index is 0.246. The number of hydrogen-bond donors (Lipinski definition) is 0. The second-order valence-corrected chi connectivity index (χ2v) is 10.6. The van der Waals surface area contributed by atoms with Crippen molar-refractivity contribution >= 4 is 22.9 Å². The van der Waals surface area contributed by atoms with E-state index in [0.717, 1.165) is 57.1 Å². The summed E-state index contributed by atoms with van der Waals surface area (Å²) in [5, 5.41) is 2.17. The first kappa shape index (κ1) is 23.8. The van der Waals surface area contributed by atoms with Crippen LogP contribution in [0.15, 0.2) is 78.7 Å². The molecule has 188 valence electrons. The van der Waals surface area contributed by atoms with Crippen molar-refractivity contribution in [3.05, 3.63) is 83.6 Å². The van der Waals surface area contributed by atoms with Crippen LogP contribution in [0.2, 0.25) is 0 Å². The van der Waals surface area contributed by atoms with E-state index in [1.807, 2.05) is 40.8 Å². The molecule has 1 aromatic carbocycles. The van der Waals surface area contributed by atoms with Crippen molar-refractivity contribution in [2.45, 2.75) is 12.3 Å². The molecular weight excluding hydrogens is 480 g/mol. The number of hydrogen-bond acceptors (Lipinski definition) is 7. The van der Waals surface area contributed by atoms with Crippen molar-refractivity contribution < 1.29 is 4.79 Å². The molecule has 3 aromatic heterocycles. The van der Waals surface area contributed by atoms with E-state index >= 15 is 0 Å². The molecule has 1 atom stereocenters. The Bertz CT molecular complexity index is 1320. The Morgan fingerprint density at radius 1 is 0.892 bits per heavy atom. The van der Waals surface area contributed by atoms with Crippen LogP contribution < -0.4 is 4.90 Å². The molecule has 0 spiro atoms. The van der Waals surface area contributed by atoms with E-state index in [9.17, 15) is 4.79 Å². The molecule has 37 heavy (non-hydrogen) atoms. The Morgan fingerprint density at radius 3 is 2.46 bits per heavy atom. The van der Waals surface area contributed by atoms with Crippen LogP contribution in [0.4, 0.5) is 5.69 Å². The number of amides is 1. The van der Waals surface area contributed by atoms with Crippen molar-refractivity contribution in [3.63, 3.8) is 0 Å². The maximum absolute atomic E-state index is 13.1. The lowest BCUT2D eigenvalue weighted by Crippen LogP contribution is -2.51. The van der Waals surface area contributed by atoms with Crippen molar-refractivity contribution in [1.29, 1.82) is 0 Å². The minimum Gasteiger partial charge on any atom is -0.368 e. The first-order valence-corrected chi connectivity index (χ1v) is 13.7. The van der Waals surface area contributed by atoms with Gasteiger partial charge in [0.1, 0.15) is 0 Å². The third-order valence-electron chi connectivity index (χ3n) is 7.36. The number of rotatable bonds is 6. The van der Waals surface area contributed by atoms with Crippen LogP contribution in [-0.2, 0) is 4.79 Å². The summed E-state index contributed by atoms with van der Waals surface area (Å²) < 4.78 is 0. The molecule has 2 fully saturated rings.